The normalized spacial score (nSPS) is 21.1. The zero-order valence-electron chi connectivity index (χ0n) is 14.8. The molecule has 0 aromatic carbocycles. The van der Waals surface area contributed by atoms with E-state index in [4.69, 9.17) is 4.74 Å². The Hall–Kier alpha value is -2.72. The molecule has 1 saturated heterocycles. The number of hydrogen-bond acceptors (Lipinski definition) is 8. The molecule has 0 saturated carbocycles. The minimum Gasteiger partial charge on any atom is -0.479 e. The second-order valence-corrected chi connectivity index (χ2v) is 7.44. The number of dihydropyridines is 1. The lowest BCUT2D eigenvalue weighted by Crippen LogP contribution is -2.56. The first-order chi connectivity index (χ1) is 13.1. The number of ether oxygens (including phenoxy) is 1. The van der Waals surface area contributed by atoms with E-state index in [1.54, 1.807) is 4.90 Å². The third-order valence-corrected chi connectivity index (χ3v) is 5.73. The van der Waals surface area contributed by atoms with Crippen molar-refractivity contribution in [2.45, 2.75) is 24.5 Å². The van der Waals surface area contributed by atoms with Crippen LogP contribution in [0, 0.1) is 0 Å². The lowest BCUT2D eigenvalue weighted by atomic mass is 9.83. The second-order valence-electron chi connectivity index (χ2n) is 6.46. The van der Waals surface area contributed by atoms with E-state index in [2.05, 4.69) is 25.6 Å². The Balaban J connectivity index is 1.40. The Bertz CT molecular complexity index is 903. The Morgan fingerprint density at radius 2 is 2.22 bits per heavy atom. The lowest BCUT2D eigenvalue weighted by molar-refractivity contribution is -0.0268. The van der Waals surface area contributed by atoms with Crippen molar-refractivity contribution in [1.82, 2.24) is 25.2 Å². The molecule has 4 heterocycles. The molecule has 1 fully saturated rings. The number of hydrogen-bond donors (Lipinski definition) is 3. The fourth-order valence-electron chi connectivity index (χ4n) is 3.30. The van der Waals surface area contributed by atoms with Gasteiger partial charge in [0.25, 0.3) is 0 Å². The highest BCUT2D eigenvalue weighted by Crippen LogP contribution is 2.30. The minimum atomic E-state index is -0.864. The molecule has 2 aliphatic heterocycles. The van der Waals surface area contributed by atoms with Gasteiger partial charge in [-0.15, -0.1) is 0 Å². The number of methoxy groups -OCH3 is 1. The summed E-state index contributed by atoms with van der Waals surface area (Å²) in [5.41, 5.74) is -0.340. The monoisotopic (exact) mass is 388 g/mol. The SMILES string of the molecule is COc1ncnc2sc(NC(=O)N3CCC(O)(C4C=CC=CN4)CC3)nc12. The summed E-state index contributed by atoms with van der Waals surface area (Å²) >= 11 is 1.26. The average molecular weight is 388 g/mol. The first kappa shape index (κ1) is 17.7. The Labute approximate surface area is 159 Å². The van der Waals surface area contributed by atoms with E-state index in [1.165, 1.54) is 24.8 Å². The smallest absolute Gasteiger partial charge is 0.323 e. The summed E-state index contributed by atoms with van der Waals surface area (Å²) in [6, 6.07) is -0.377. The van der Waals surface area contributed by atoms with E-state index >= 15 is 0 Å². The summed E-state index contributed by atoms with van der Waals surface area (Å²) in [5, 5.41) is 17.3. The summed E-state index contributed by atoms with van der Waals surface area (Å²) < 4.78 is 5.17. The van der Waals surface area contributed by atoms with Gasteiger partial charge in [0, 0.05) is 13.1 Å². The maximum absolute atomic E-state index is 12.6. The molecular formula is C17H20N6O3S. The summed E-state index contributed by atoms with van der Waals surface area (Å²) in [7, 11) is 1.51. The summed E-state index contributed by atoms with van der Waals surface area (Å²) in [5.74, 6) is 0.377. The number of nitrogens with zero attached hydrogens (tertiary/aromatic N) is 4. The number of nitrogens with one attached hydrogen (secondary N) is 2. The molecule has 2 amide bonds. The van der Waals surface area contributed by atoms with Gasteiger partial charge in [-0.25, -0.2) is 14.8 Å². The van der Waals surface area contributed by atoms with Crippen LogP contribution < -0.4 is 15.4 Å². The van der Waals surface area contributed by atoms with Crippen LogP contribution in [0.2, 0.25) is 0 Å². The molecule has 2 aromatic heterocycles. The highest BCUT2D eigenvalue weighted by molar-refractivity contribution is 7.22. The molecule has 142 valence electrons. The molecule has 1 atom stereocenters. The number of allylic oxidation sites excluding steroid dienone is 2. The van der Waals surface area contributed by atoms with Gasteiger partial charge in [-0.3, -0.25) is 5.32 Å². The largest absolute Gasteiger partial charge is 0.479 e. The number of aliphatic hydroxyl groups is 1. The van der Waals surface area contributed by atoms with Crippen molar-refractivity contribution < 1.29 is 14.6 Å². The Kier molecular flexibility index (Phi) is 4.66. The van der Waals surface area contributed by atoms with Crippen LogP contribution >= 0.6 is 11.3 Å². The standard InChI is InChI=1S/C17H20N6O3S/c1-26-13-12-14(20-10-19-13)27-15(21-12)22-16(24)23-8-5-17(25,6-9-23)11-4-2-3-7-18-11/h2-4,7,10-11,18,25H,5-6,8-9H2,1H3,(H,21,22,24). The number of anilines is 1. The van der Waals surface area contributed by atoms with Crippen molar-refractivity contribution >= 4 is 32.8 Å². The van der Waals surface area contributed by atoms with Gasteiger partial charge in [-0.05, 0) is 25.1 Å². The molecule has 1 unspecified atom stereocenters. The topological polar surface area (TPSA) is 113 Å². The molecule has 0 bridgehead atoms. The Morgan fingerprint density at radius 1 is 1.41 bits per heavy atom. The summed E-state index contributed by atoms with van der Waals surface area (Å²) in [6.07, 6.45) is 9.98. The average Bonchev–Trinajstić information content (AvgIpc) is 3.11. The maximum atomic E-state index is 12.6. The number of fused-ring (bicyclic) bond motifs is 1. The third-order valence-electron chi connectivity index (χ3n) is 4.85. The van der Waals surface area contributed by atoms with Crippen molar-refractivity contribution in [2.75, 3.05) is 25.5 Å². The first-order valence-corrected chi connectivity index (χ1v) is 9.44. The van der Waals surface area contributed by atoms with Gasteiger partial charge >= 0.3 is 6.03 Å². The van der Waals surface area contributed by atoms with E-state index < -0.39 is 5.60 Å². The second kappa shape index (κ2) is 7.12. The molecule has 2 aromatic rings. The van der Waals surface area contributed by atoms with Crippen molar-refractivity contribution in [1.29, 1.82) is 0 Å². The number of carbonyl (C=O) groups excluding carboxylic acids is 1. The molecule has 0 radical (unpaired) electrons. The van der Waals surface area contributed by atoms with Crippen molar-refractivity contribution in [2.24, 2.45) is 0 Å². The number of thiazole rings is 1. The van der Waals surface area contributed by atoms with E-state index in [0.29, 0.717) is 47.3 Å². The number of rotatable bonds is 3. The molecule has 0 spiro atoms. The van der Waals surface area contributed by atoms with Gasteiger partial charge in [-0.1, -0.05) is 23.5 Å². The number of amides is 2. The first-order valence-electron chi connectivity index (χ1n) is 8.62. The number of carbonyl (C=O) groups is 1. The van der Waals surface area contributed by atoms with Crippen LogP contribution in [0.4, 0.5) is 9.93 Å². The van der Waals surface area contributed by atoms with E-state index in [0.717, 1.165) is 0 Å². The zero-order valence-corrected chi connectivity index (χ0v) is 15.6. The van der Waals surface area contributed by atoms with Crippen LogP contribution in [0.3, 0.4) is 0 Å². The van der Waals surface area contributed by atoms with Gasteiger partial charge in [0.05, 0.1) is 18.8 Å². The summed E-state index contributed by atoms with van der Waals surface area (Å²) in [6.45, 7) is 0.929. The number of likely N-dealkylation sites (tertiary alicyclic amines) is 1. The molecule has 9 nitrogen and oxygen atoms in total. The fraction of sp³-hybridized carbons (Fsp3) is 0.412. The van der Waals surface area contributed by atoms with Gasteiger partial charge < -0.3 is 20.1 Å². The van der Waals surface area contributed by atoms with Gasteiger partial charge in [-0.2, -0.15) is 4.98 Å². The third kappa shape index (κ3) is 3.45. The number of aromatic nitrogens is 3. The van der Waals surface area contributed by atoms with Gasteiger partial charge in [0.15, 0.2) is 15.5 Å². The van der Waals surface area contributed by atoms with Crippen LogP contribution in [0.1, 0.15) is 12.8 Å². The summed E-state index contributed by atoms with van der Waals surface area (Å²) in [4.78, 5) is 27.4. The number of piperidine rings is 1. The predicted molar refractivity (Wildman–Crippen MR) is 102 cm³/mol. The van der Waals surface area contributed by atoms with E-state index in [1.807, 2.05) is 24.4 Å². The molecule has 10 heteroatoms. The highest BCUT2D eigenvalue weighted by atomic mass is 32.1. The molecule has 0 aliphatic carbocycles. The predicted octanol–water partition coefficient (Wildman–Crippen LogP) is 1.50. The quantitative estimate of drug-likeness (QED) is 0.730. The van der Waals surface area contributed by atoms with Gasteiger partial charge in [0.2, 0.25) is 5.88 Å². The van der Waals surface area contributed by atoms with Crippen molar-refractivity contribution in [3.8, 4) is 5.88 Å². The highest BCUT2D eigenvalue weighted by Gasteiger charge is 2.39. The van der Waals surface area contributed by atoms with Crippen molar-refractivity contribution in [3.05, 3.63) is 30.8 Å². The molecule has 3 N–H and O–H groups in total. The van der Waals surface area contributed by atoms with Crippen LogP contribution in [0.5, 0.6) is 5.88 Å². The van der Waals surface area contributed by atoms with Crippen molar-refractivity contribution in [3.63, 3.8) is 0 Å². The molecule has 4 rings (SSSR count). The van der Waals surface area contributed by atoms with E-state index in [-0.39, 0.29) is 12.1 Å². The molecule has 27 heavy (non-hydrogen) atoms. The maximum Gasteiger partial charge on any atom is 0.323 e. The lowest BCUT2D eigenvalue weighted by Gasteiger charge is -2.42. The van der Waals surface area contributed by atoms with Crippen LogP contribution in [-0.2, 0) is 0 Å². The fourth-order valence-corrected chi connectivity index (χ4v) is 4.08. The molecule has 2 aliphatic rings. The van der Waals surface area contributed by atoms with Gasteiger partial charge in [0.1, 0.15) is 6.33 Å². The molecular weight excluding hydrogens is 368 g/mol. The Morgan fingerprint density at radius 3 is 2.93 bits per heavy atom. The minimum absolute atomic E-state index is 0.136. The van der Waals surface area contributed by atoms with Crippen LogP contribution in [-0.4, -0.2) is 62.8 Å². The van der Waals surface area contributed by atoms with Crippen LogP contribution in [0.15, 0.2) is 30.8 Å². The van der Waals surface area contributed by atoms with Crippen LogP contribution in [0.25, 0.3) is 10.3 Å². The number of urea groups is 1. The van der Waals surface area contributed by atoms with E-state index in [9.17, 15) is 9.90 Å². The zero-order chi connectivity index (χ0) is 18.9.